The molecule has 2 aromatic heterocycles. The molecule has 4 rings (SSSR count). The van der Waals surface area contributed by atoms with Crippen molar-refractivity contribution < 1.29 is 4.79 Å². The van der Waals surface area contributed by atoms with Crippen molar-refractivity contribution in [1.82, 2.24) is 24.3 Å². The maximum absolute atomic E-state index is 13.1. The van der Waals surface area contributed by atoms with E-state index in [-0.39, 0.29) is 5.91 Å². The van der Waals surface area contributed by atoms with Crippen molar-refractivity contribution in [3.8, 4) is 0 Å². The number of H-pyrrole nitrogens is 1. The van der Waals surface area contributed by atoms with Crippen LogP contribution in [0.5, 0.6) is 0 Å². The molecule has 148 valence electrons. The fourth-order valence-corrected chi connectivity index (χ4v) is 4.16. The van der Waals surface area contributed by atoms with Crippen LogP contribution in [-0.4, -0.2) is 64.0 Å². The fourth-order valence-electron chi connectivity index (χ4n) is 4.16. The quantitative estimate of drug-likeness (QED) is 0.715. The van der Waals surface area contributed by atoms with E-state index in [9.17, 15) is 4.79 Å². The molecule has 0 saturated carbocycles. The van der Waals surface area contributed by atoms with Crippen molar-refractivity contribution in [2.45, 2.75) is 31.7 Å². The molecule has 1 unspecified atom stereocenters. The van der Waals surface area contributed by atoms with Crippen molar-refractivity contribution in [3.63, 3.8) is 0 Å². The number of nitrogens with zero attached hydrogens (tertiary/aromatic N) is 4. The number of carbonyl (C=O) groups is 1. The first-order valence-corrected chi connectivity index (χ1v) is 10.1. The minimum absolute atomic E-state index is 0.118. The molecular formula is C22H29N5O. The molecule has 1 N–H and O–H groups in total. The molecule has 3 heterocycles. The first-order valence-electron chi connectivity index (χ1n) is 10.1. The van der Waals surface area contributed by atoms with Crippen LogP contribution < -0.4 is 0 Å². The summed E-state index contributed by atoms with van der Waals surface area (Å²) in [6, 6.07) is 7.93. The minimum Gasteiger partial charge on any atom is -0.361 e. The Morgan fingerprint density at radius 3 is 3.07 bits per heavy atom. The van der Waals surface area contributed by atoms with Crippen molar-refractivity contribution in [2.24, 2.45) is 0 Å². The van der Waals surface area contributed by atoms with Gasteiger partial charge < -0.3 is 19.4 Å². The lowest BCUT2D eigenvalue weighted by molar-refractivity contribution is 0.0703. The Morgan fingerprint density at radius 2 is 2.21 bits per heavy atom. The number of carbonyl (C=O) groups excluding carboxylic acids is 1. The number of likely N-dealkylation sites (tertiary alicyclic amines) is 1. The average molecular weight is 380 g/mol. The van der Waals surface area contributed by atoms with Crippen molar-refractivity contribution in [3.05, 3.63) is 54.2 Å². The summed E-state index contributed by atoms with van der Waals surface area (Å²) in [6.07, 6.45) is 9.08. The first kappa shape index (κ1) is 18.7. The number of hydrogen-bond acceptors (Lipinski definition) is 3. The van der Waals surface area contributed by atoms with Crippen LogP contribution in [0, 0.1) is 0 Å². The summed E-state index contributed by atoms with van der Waals surface area (Å²) in [5.74, 6) is 1.55. The lowest BCUT2D eigenvalue weighted by atomic mass is 9.96. The number of aromatic amines is 1. The van der Waals surface area contributed by atoms with E-state index in [1.807, 2.05) is 41.6 Å². The molecule has 0 aliphatic carbocycles. The van der Waals surface area contributed by atoms with Crippen molar-refractivity contribution in [1.29, 1.82) is 0 Å². The lowest BCUT2D eigenvalue weighted by Crippen LogP contribution is -2.39. The minimum atomic E-state index is 0.118. The SMILES string of the molecule is CN(C)CCCn1ccnc1C1CCCN(C(=O)c2ccc3cc[nH]c3c2)C1. The number of aryl methyl sites for hydroxylation is 1. The predicted octanol–water partition coefficient (Wildman–Crippen LogP) is 3.34. The van der Waals surface area contributed by atoms with Gasteiger partial charge in [0.1, 0.15) is 5.82 Å². The summed E-state index contributed by atoms with van der Waals surface area (Å²) in [5, 5.41) is 1.13. The zero-order chi connectivity index (χ0) is 19.5. The van der Waals surface area contributed by atoms with E-state index < -0.39 is 0 Å². The van der Waals surface area contributed by atoms with Gasteiger partial charge in [-0.3, -0.25) is 4.79 Å². The molecule has 28 heavy (non-hydrogen) atoms. The zero-order valence-electron chi connectivity index (χ0n) is 16.8. The number of imidazole rings is 1. The second-order valence-electron chi connectivity index (χ2n) is 8.01. The molecule has 3 aromatic rings. The number of benzene rings is 1. The van der Waals surface area contributed by atoms with E-state index in [0.29, 0.717) is 5.92 Å². The monoisotopic (exact) mass is 379 g/mol. The van der Waals surface area contributed by atoms with E-state index in [1.165, 1.54) is 0 Å². The van der Waals surface area contributed by atoms with Crippen LogP contribution in [0.1, 0.15) is 41.4 Å². The Labute approximate surface area is 166 Å². The van der Waals surface area contributed by atoms with Gasteiger partial charge in [-0.2, -0.15) is 0 Å². The van der Waals surface area contributed by atoms with Gasteiger partial charge in [-0.25, -0.2) is 4.98 Å². The van der Waals surface area contributed by atoms with Gasteiger partial charge in [0.15, 0.2) is 0 Å². The largest absolute Gasteiger partial charge is 0.361 e. The van der Waals surface area contributed by atoms with Crippen LogP contribution in [0.2, 0.25) is 0 Å². The van der Waals surface area contributed by atoms with E-state index in [1.54, 1.807) is 0 Å². The Hall–Kier alpha value is -2.60. The lowest BCUT2D eigenvalue weighted by Gasteiger charge is -2.33. The molecule has 1 aromatic carbocycles. The molecule has 1 fully saturated rings. The smallest absolute Gasteiger partial charge is 0.253 e. The van der Waals surface area contributed by atoms with Crippen molar-refractivity contribution in [2.75, 3.05) is 33.7 Å². The van der Waals surface area contributed by atoms with Gasteiger partial charge in [-0.05, 0) is 63.5 Å². The maximum atomic E-state index is 13.1. The highest BCUT2D eigenvalue weighted by molar-refractivity contribution is 5.98. The Bertz CT molecular complexity index is 941. The topological polar surface area (TPSA) is 57.2 Å². The number of hydrogen-bond donors (Lipinski definition) is 1. The number of rotatable bonds is 6. The second-order valence-corrected chi connectivity index (χ2v) is 8.01. The van der Waals surface area contributed by atoms with Gasteiger partial charge in [0.2, 0.25) is 0 Å². The normalized spacial score (nSPS) is 17.5. The molecule has 0 radical (unpaired) electrons. The highest BCUT2D eigenvalue weighted by Crippen LogP contribution is 2.27. The van der Waals surface area contributed by atoms with Gasteiger partial charge in [-0.15, -0.1) is 0 Å². The van der Waals surface area contributed by atoms with E-state index in [4.69, 9.17) is 0 Å². The fraction of sp³-hybridized carbons (Fsp3) is 0.455. The van der Waals surface area contributed by atoms with Crippen LogP contribution >= 0.6 is 0 Å². The molecule has 6 heteroatoms. The molecule has 1 saturated heterocycles. The van der Waals surface area contributed by atoms with Crippen LogP contribution in [-0.2, 0) is 6.54 Å². The average Bonchev–Trinajstić information content (AvgIpc) is 3.36. The molecule has 1 atom stereocenters. The summed E-state index contributed by atoms with van der Waals surface area (Å²) in [4.78, 5) is 25.1. The number of nitrogens with one attached hydrogen (secondary N) is 1. The number of piperidine rings is 1. The van der Waals surface area contributed by atoms with E-state index in [0.717, 1.165) is 67.7 Å². The third-order valence-corrected chi connectivity index (χ3v) is 5.63. The molecular weight excluding hydrogens is 350 g/mol. The zero-order valence-corrected chi connectivity index (χ0v) is 16.8. The molecule has 6 nitrogen and oxygen atoms in total. The van der Waals surface area contributed by atoms with Gasteiger partial charge in [0.05, 0.1) is 0 Å². The van der Waals surface area contributed by atoms with E-state index >= 15 is 0 Å². The number of fused-ring (bicyclic) bond motifs is 1. The van der Waals surface area contributed by atoms with Gasteiger partial charge in [0.25, 0.3) is 5.91 Å². The molecule has 1 aliphatic rings. The van der Waals surface area contributed by atoms with Gasteiger partial charge >= 0.3 is 0 Å². The van der Waals surface area contributed by atoms with Gasteiger partial charge in [0, 0.05) is 55.2 Å². The maximum Gasteiger partial charge on any atom is 0.253 e. The summed E-state index contributed by atoms with van der Waals surface area (Å²) in [5.41, 5.74) is 1.76. The summed E-state index contributed by atoms with van der Waals surface area (Å²) < 4.78 is 2.27. The molecule has 0 spiro atoms. The Morgan fingerprint density at radius 1 is 1.32 bits per heavy atom. The second kappa shape index (κ2) is 8.19. The van der Waals surface area contributed by atoms with Crippen LogP contribution in [0.15, 0.2) is 42.9 Å². The Kier molecular flexibility index (Phi) is 5.48. The molecule has 1 amide bonds. The van der Waals surface area contributed by atoms with Crippen LogP contribution in [0.4, 0.5) is 0 Å². The highest BCUT2D eigenvalue weighted by Gasteiger charge is 2.28. The highest BCUT2D eigenvalue weighted by atomic mass is 16.2. The summed E-state index contributed by atoms with van der Waals surface area (Å²) in [7, 11) is 4.20. The standard InChI is InChI=1S/C22H29N5O/c1-25(2)11-4-13-26-14-10-24-21(26)19-5-3-12-27(16-19)22(28)18-7-6-17-8-9-23-20(17)15-18/h6-10,14-15,19,23H,3-5,11-13,16H2,1-2H3. The third kappa shape index (κ3) is 3.97. The van der Waals surface area contributed by atoms with Crippen LogP contribution in [0.3, 0.4) is 0 Å². The molecule has 1 aliphatic heterocycles. The summed E-state index contributed by atoms with van der Waals surface area (Å²) in [6.45, 7) is 3.60. The molecule has 0 bridgehead atoms. The van der Waals surface area contributed by atoms with Crippen LogP contribution in [0.25, 0.3) is 10.9 Å². The third-order valence-electron chi connectivity index (χ3n) is 5.63. The Balaban J connectivity index is 1.45. The van der Waals surface area contributed by atoms with E-state index in [2.05, 4.69) is 39.7 Å². The number of aromatic nitrogens is 3. The first-order chi connectivity index (χ1) is 13.6. The summed E-state index contributed by atoms with van der Waals surface area (Å²) >= 11 is 0. The predicted molar refractivity (Wildman–Crippen MR) is 112 cm³/mol. The number of amides is 1. The van der Waals surface area contributed by atoms with Crippen molar-refractivity contribution >= 4 is 16.8 Å². The van der Waals surface area contributed by atoms with Gasteiger partial charge in [-0.1, -0.05) is 6.07 Å².